The Morgan fingerprint density at radius 2 is 1.20 bits per heavy atom. The molecule has 0 unspecified atom stereocenters. The van der Waals surface area contributed by atoms with Gasteiger partial charge in [0.05, 0.1) is 28.3 Å². The first-order chi connectivity index (χ1) is 32.6. The van der Waals surface area contributed by atoms with Gasteiger partial charge in [-0.1, -0.05) is 159 Å². The maximum Gasteiger partial charge on any atom is 0.121 e. The van der Waals surface area contributed by atoms with Crippen LogP contribution in [0, 0.1) is 12.1 Å². The number of rotatable bonds is 6. The molecular weight excluding hydrogens is 1020 g/mol. The third-order valence-electron chi connectivity index (χ3n) is 12.9. The second-order valence-corrected chi connectivity index (χ2v) is 20.6. The summed E-state index contributed by atoms with van der Waals surface area (Å²) in [5.74, 6) is 2.04. The SMILES string of the molecule is CC(C)(C)c1cc[c-]c(-c2nccc(C(C)(C)C)n2)n1.CC(C)c1cc(-c2ccccc2)cc(C(C)C)c1-n1c(-c2[c-]ccc3c2oc2cc4c(ccc5ccccc54)cc23)nc2ccccc21.[Ir]. The summed E-state index contributed by atoms with van der Waals surface area (Å²) in [5, 5.41) is 7.02. The molecular formula is C62H57IrN5O-2. The predicted octanol–water partition coefficient (Wildman–Crippen LogP) is 16.5. The monoisotopic (exact) mass is 1080 g/mol. The molecule has 0 aliphatic rings. The summed E-state index contributed by atoms with van der Waals surface area (Å²) in [6, 6.07) is 58.1. The fourth-order valence-corrected chi connectivity index (χ4v) is 9.26. The third kappa shape index (κ3) is 9.02. The molecule has 0 spiro atoms. The Bertz CT molecular complexity index is 3580. The Kier molecular flexibility index (Phi) is 12.7. The van der Waals surface area contributed by atoms with Crippen molar-refractivity contribution in [2.75, 3.05) is 0 Å². The Hall–Kier alpha value is -6.79. The van der Waals surface area contributed by atoms with Crippen LogP contribution < -0.4 is 0 Å². The molecule has 0 fully saturated rings. The van der Waals surface area contributed by atoms with Gasteiger partial charge in [-0.25, -0.2) is 0 Å². The summed E-state index contributed by atoms with van der Waals surface area (Å²) in [5.41, 5.74) is 13.6. The number of nitrogens with zero attached hydrogens (tertiary/aromatic N) is 5. The van der Waals surface area contributed by atoms with E-state index in [1.54, 1.807) is 6.20 Å². The van der Waals surface area contributed by atoms with Gasteiger partial charge in [0.2, 0.25) is 0 Å². The predicted molar refractivity (Wildman–Crippen MR) is 283 cm³/mol. The molecule has 11 aromatic rings. The van der Waals surface area contributed by atoms with Crippen molar-refractivity contribution in [2.24, 2.45) is 0 Å². The van der Waals surface area contributed by atoms with E-state index in [1.807, 2.05) is 24.3 Å². The van der Waals surface area contributed by atoms with Crippen LogP contribution >= 0.6 is 0 Å². The van der Waals surface area contributed by atoms with Crippen molar-refractivity contribution in [1.29, 1.82) is 0 Å². The normalized spacial score (nSPS) is 12.1. The van der Waals surface area contributed by atoms with Crippen LogP contribution in [0.3, 0.4) is 0 Å². The number of imidazole rings is 1. The van der Waals surface area contributed by atoms with Gasteiger partial charge in [-0.15, -0.1) is 24.3 Å². The molecule has 0 amide bonds. The fraction of sp³-hybridized carbons (Fsp3) is 0.226. The summed E-state index contributed by atoms with van der Waals surface area (Å²) in [4.78, 5) is 19.0. The van der Waals surface area contributed by atoms with E-state index in [2.05, 4.69) is 222 Å². The second kappa shape index (κ2) is 18.6. The molecule has 11 rings (SSSR count). The zero-order valence-electron chi connectivity index (χ0n) is 41.1. The van der Waals surface area contributed by atoms with Crippen LogP contribution in [0.2, 0.25) is 0 Å². The van der Waals surface area contributed by atoms with Crippen molar-refractivity contribution >= 4 is 54.5 Å². The summed E-state index contributed by atoms with van der Waals surface area (Å²) >= 11 is 0. The quantitative estimate of drug-likeness (QED) is 0.123. The van der Waals surface area contributed by atoms with Gasteiger partial charge in [0, 0.05) is 48.5 Å². The standard InChI is InChI=1S/C45H35N2O.C17H22N3.Ir/c1-27(2)36-24-32(29-13-6-5-7-14-29)25-37(28(3)4)43(36)47-41-20-11-10-19-40(41)46-45(47)35-18-12-17-34-39-23-31-22-21-30-15-8-9-16-33(30)38(31)26-42(39)48-44(34)35;1-16(2,3)13-9-7-8-12(19-13)15-18-11-10-14(20-15)17(4,5)6;/h5-17,19-28H,1-4H3;7,9-11H,1-6H3;/q2*-1;. The first-order valence-electron chi connectivity index (χ1n) is 23.8. The van der Waals surface area contributed by atoms with Crippen LogP contribution in [0.1, 0.15) is 104 Å². The fourth-order valence-electron chi connectivity index (χ4n) is 9.26. The zero-order valence-corrected chi connectivity index (χ0v) is 43.5. The molecule has 6 nitrogen and oxygen atoms in total. The van der Waals surface area contributed by atoms with Crippen LogP contribution in [0.5, 0.6) is 0 Å². The van der Waals surface area contributed by atoms with Crippen LogP contribution in [0.15, 0.2) is 156 Å². The van der Waals surface area contributed by atoms with Gasteiger partial charge in [-0.3, -0.25) is 19.9 Å². The summed E-state index contributed by atoms with van der Waals surface area (Å²) in [7, 11) is 0. The van der Waals surface area contributed by atoms with E-state index in [4.69, 9.17) is 9.40 Å². The number of para-hydroxylation sites is 2. The summed E-state index contributed by atoms with van der Waals surface area (Å²) in [6.07, 6.45) is 1.79. The van der Waals surface area contributed by atoms with Gasteiger partial charge in [-0.2, -0.15) is 12.1 Å². The van der Waals surface area contributed by atoms with E-state index in [1.165, 1.54) is 49.5 Å². The molecule has 0 atom stereocenters. The molecule has 0 saturated carbocycles. The van der Waals surface area contributed by atoms with Gasteiger partial charge < -0.3 is 8.98 Å². The van der Waals surface area contributed by atoms with Gasteiger partial charge in [0.25, 0.3) is 0 Å². The number of aromatic nitrogens is 5. The average molecular weight is 1080 g/mol. The Labute approximate surface area is 419 Å². The molecule has 0 aliphatic carbocycles. The largest absolute Gasteiger partial charge is 0.501 e. The van der Waals surface area contributed by atoms with Crippen LogP contribution in [0.25, 0.3) is 94.2 Å². The maximum atomic E-state index is 6.83. The minimum absolute atomic E-state index is 0. The average Bonchev–Trinajstić information content (AvgIpc) is 3.91. The summed E-state index contributed by atoms with van der Waals surface area (Å²) < 4.78 is 9.20. The van der Waals surface area contributed by atoms with E-state index in [-0.39, 0.29) is 42.8 Å². The topological polar surface area (TPSA) is 69.6 Å². The first-order valence-corrected chi connectivity index (χ1v) is 23.8. The van der Waals surface area contributed by atoms with E-state index in [0.29, 0.717) is 11.5 Å². The number of hydrogen-bond donors (Lipinski definition) is 0. The van der Waals surface area contributed by atoms with Gasteiger partial charge in [-0.05, 0) is 115 Å². The van der Waals surface area contributed by atoms with Crippen molar-refractivity contribution in [3.8, 4) is 39.7 Å². The second-order valence-electron chi connectivity index (χ2n) is 20.6. The minimum Gasteiger partial charge on any atom is -0.501 e. The molecule has 69 heavy (non-hydrogen) atoms. The van der Waals surface area contributed by atoms with Crippen molar-refractivity contribution in [3.63, 3.8) is 0 Å². The molecule has 4 heterocycles. The molecule has 4 aromatic heterocycles. The van der Waals surface area contributed by atoms with Crippen LogP contribution in [-0.2, 0) is 30.9 Å². The molecule has 1 radical (unpaired) electrons. The maximum absolute atomic E-state index is 6.83. The van der Waals surface area contributed by atoms with Crippen molar-refractivity contribution in [1.82, 2.24) is 24.5 Å². The Balaban J connectivity index is 0.000000238. The zero-order chi connectivity index (χ0) is 47.5. The molecule has 0 saturated heterocycles. The minimum atomic E-state index is -0.000667. The van der Waals surface area contributed by atoms with E-state index in [0.717, 1.165) is 55.7 Å². The molecule has 0 bridgehead atoms. The Morgan fingerprint density at radius 1 is 0.551 bits per heavy atom. The third-order valence-corrected chi connectivity index (χ3v) is 12.9. The number of benzene rings is 7. The summed E-state index contributed by atoms with van der Waals surface area (Å²) in [6.45, 7) is 22.0. The van der Waals surface area contributed by atoms with Crippen molar-refractivity contribution in [3.05, 3.63) is 186 Å². The smallest absolute Gasteiger partial charge is 0.121 e. The van der Waals surface area contributed by atoms with Crippen molar-refractivity contribution in [2.45, 2.75) is 91.9 Å². The molecule has 0 aliphatic heterocycles. The van der Waals surface area contributed by atoms with Crippen LogP contribution in [0.4, 0.5) is 0 Å². The van der Waals surface area contributed by atoms with E-state index >= 15 is 0 Å². The van der Waals surface area contributed by atoms with Crippen LogP contribution in [-0.4, -0.2) is 24.5 Å². The number of furan rings is 1. The number of fused-ring (bicyclic) bond motifs is 7. The first kappa shape index (κ1) is 47.3. The number of pyridine rings is 1. The van der Waals surface area contributed by atoms with Crippen molar-refractivity contribution < 1.29 is 24.5 Å². The number of hydrogen-bond acceptors (Lipinski definition) is 5. The Morgan fingerprint density at radius 3 is 1.93 bits per heavy atom. The molecule has 7 heteroatoms. The van der Waals surface area contributed by atoms with E-state index in [9.17, 15) is 0 Å². The van der Waals surface area contributed by atoms with Gasteiger partial charge in [0.15, 0.2) is 0 Å². The van der Waals surface area contributed by atoms with Gasteiger partial charge >= 0.3 is 0 Å². The molecule has 347 valence electrons. The van der Waals surface area contributed by atoms with Gasteiger partial charge in [0.1, 0.15) is 5.58 Å². The molecule has 0 N–H and O–H groups in total. The van der Waals surface area contributed by atoms with E-state index < -0.39 is 0 Å². The molecule has 7 aromatic carbocycles.